The van der Waals surface area contributed by atoms with Crippen LogP contribution in [-0.2, 0) is 14.3 Å². The summed E-state index contributed by atoms with van der Waals surface area (Å²) in [5.41, 5.74) is 8.68. The number of rotatable bonds is 17. The van der Waals surface area contributed by atoms with Gasteiger partial charge in [-0.3, -0.25) is 9.59 Å². The third-order valence-corrected chi connectivity index (χ3v) is 4.43. The van der Waals surface area contributed by atoms with Gasteiger partial charge in [-0.1, -0.05) is 57.0 Å². The van der Waals surface area contributed by atoms with Crippen LogP contribution in [0.4, 0.5) is 0 Å². The lowest BCUT2D eigenvalue weighted by molar-refractivity contribution is -0.140. The monoisotopic (exact) mass is 353 g/mol. The normalized spacial score (nSPS) is 11.6. The summed E-state index contributed by atoms with van der Waals surface area (Å²) in [6, 6.07) is -0.0698. The van der Waals surface area contributed by atoms with Crippen LogP contribution in [0.15, 0.2) is 5.11 Å². The van der Waals surface area contributed by atoms with Gasteiger partial charge in [-0.2, -0.15) is 0 Å². The molecule has 0 aliphatic rings. The number of unbranched alkanes of at least 4 members (excludes halogenated alkanes) is 7. The van der Waals surface area contributed by atoms with E-state index in [-0.39, 0.29) is 17.8 Å². The highest BCUT2D eigenvalue weighted by Gasteiger charge is 2.10. The van der Waals surface area contributed by atoms with Gasteiger partial charge in [0.25, 0.3) is 0 Å². The topological polar surface area (TPSA) is 92.1 Å². The molecular weight excluding hydrogens is 318 g/mol. The van der Waals surface area contributed by atoms with E-state index >= 15 is 0 Å². The maximum atomic E-state index is 11.9. The SMILES string of the molecule is CCCCCCC(=O)CCC(CCCCCCCC(=O)OC)N=[N+]=[N-]. The smallest absolute Gasteiger partial charge is 0.305 e. The molecule has 1 unspecified atom stereocenters. The van der Waals surface area contributed by atoms with E-state index in [0.717, 1.165) is 51.4 Å². The summed E-state index contributed by atoms with van der Waals surface area (Å²) in [5.74, 6) is 0.139. The number of methoxy groups -OCH3 is 1. The predicted octanol–water partition coefficient (Wildman–Crippen LogP) is 5.89. The van der Waals surface area contributed by atoms with Gasteiger partial charge in [0, 0.05) is 30.2 Å². The van der Waals surface area contributed by atoms with Crippen molar-refractivity contribution in [3.05, 3.63) is 10.4 Å². The Bertz CT molecular complexity index is 407. The minimum atomic E-state index is -0.150. The Kier molecular flexibility index (Phi) is 16.2. The van der Waals surface area contributed by atoms with E-state index in [4.69, 9.17) is 5.53 Å². The Labute approximate surface area is 152 Å². The molecule has 0 aromatic rings. The van der Waals surface area contributed by atoms with E-state index in [9.17, 15) is 9.59 Å². The lowest BCUT2D eigenvalue weighted by Gasteiger charge is -2.10. The van der Waals surface area contributed by atoms with Crippen LogP contribution in [0.3, 0.4) is 0 Å². The number of nitrogens with zero attached hydrogens (tertiary/aromatic N) is 3. The zero-order valence-electron chi connectivity index (χ0n) is 16.0. The molecule has 0 N–H and O–H groups in total. The number of carbonyl (C=O) groups is 2. The highest BCUT2D eigenvalue weighted by atomic mass is 16.5. The number of ether oxygens (including phenoxy) is 1. The van der Waals surface area contributed by atoms with Crippen molar-refractivity contribution in [3.8, 4) is 0 Å². The van der Waals surface area contributed by atoms with Crippen LogP contribution in [0.2, 0.25) is 0 Å². The van der Waals surface area contributed by atoms with Crippen molar-refractivity contribution in [1.82, 2.24) is 0 Å². The summed E-state index contributed by atoms with van der Waals surface area (Å²) in [6.07, 6.45) is 12.6. The predicted molar refractivity (Wildman–Crippen MR) is 100 cm³/mol. The second-order valence-electron chi connectivity index (χ2n) is 6.63. The van der Waals surface area contributed by atoms with Gasteiger partial charge < -0.3 is 4.74 Å². The van der Waals surface area contributed by atoms with Gasteiger partial charge in [0.15, 0.2) is 0 Å². The standard InChI is InChI=1S/C19H35N3O3/c1-3-4-5-10-13-18(23)16-15-17(21-22-20)12-9-7-6-8-11-14-19(24)25-2/h17H,3-16H2,1-2H3. The van der Waals surface area contributed by atoms with Gasteiger partial charge >= 0.3 is 5.97 Å². The fourth-order valence-electron chi connectivity index (χ4n) is 2.82. The first-order valence-corrected chi connectivity index (χ1v) is 9.76. The first kappa shape index (κ1) is 23.4. The van der Waals surface area contributed by atoms with Gasteiger partial charge in [-0.15, -0.1) is 0 Å². The van der Waals surface area contributed by atoms with E-state index < -0.39 is 0 Å². The van der Waals surface area contributed by atoms with Crippen molar-refractivity contribution in [2.45, 2.75) is 103 Å². The molecule has 0 heterocycles. The molecule has 0 saturated carbocycles. The van der Waals surface area contributed by atoms with E-state index in [1.165, 1.54) is 20.0 Å². The largest absolute Gasteiger partial charge is 0.469 e. The van der Waals surface area contributed by atoms with Crippen molar-refractivity contribution in [2.24, 2.45) is 5.11 Å². The number of esters is 1. The number of carbonyl (C=O) groups excluding carboxylic acids is 2. The fourth-order valence-corrected chi connectivity index (χ4v) is 2.82. The zero-order chi connectivity index (χ0) is 18.8. The molecule has 0 spiro atoms. The lowest BCUT2D eigenvalue weighted by atomic mass is 10.00. The molecule has 0 fully saturated rings. The Morgan fingerprint density at radius 1 is 0.920 bits per heavy atom. The van der Waals surface area contributed by atoms with Crippen molar-refractivity contribution < 1.29 is 14.3 Å². The third-order valence-electron chi connectivity index (χ3n) is 4.43. The van der Waals surface area contributed by atoms with E-state index in [2.05, 4.69) is 21.7 Å². The number of hydrogen-bond donors (Lipinski definition) is 0. The van der Waals surface area contributed by atoms with Crippen molar-refractivity contribution in [1.29, 1.82) is 0 Å². The average molecular weight is 354 g/mol. The molecule has 0 saturated heterocycles. The van der Waals surface area contributed by atoms with Gasteiger partial charge in [0.05, 0.1) is 7.11 Å². The van der Waals surface area contributed by atoms with Crippen molar-refractivity contribution in [2.75, 3.05) is 7.11 Å². The number of azide groups is 1. The second kappa shape index (κ2) is 17.3. The summed E-state index contributed by atoms with van der Waals surface area (Å²) in [4.78, 5) is 25.8. The van der Waals surface area contributed by atoms with E-state index in [0.29, 0.717) is 25.7 Å². The van der Waals surface area contributed by atoms with Crippen LogP contribution in [0.25, 0.3) is 10.4 Å². The minimum absolute atomic E-state index is 0.0698. The number of Topliss-reactive ketones (excluding diaryl/α,β-unsaturated/α-hetero) is 1. The van der Waals surface area contributed by atoms with Gasteiger partial charge in [0.2, 0.25) is 0 Å². The Hall–Kier alpha value is -1.55. The van der Waals surface area contributed by atoms with Gasteiger partial charge in [-0.05, 0) is 31.2 Å². The number of ketones is 1. The van der Waals surface area contributed by atoms with E-state index in [1.54, 1.807) is 0 Å². The van der Waals surface area contributed by atoms with Crippen LogP contribution < -0.4 is 0 Å². The second-order valence-corrected chi connectivity index (χ2v) is 6.63. The molecule has 25 heavy (non-hydrogen) atoms. The first-order valence-electron chi connectivity index (χ1n) is 9.76. The van der Waals surface area contributed by atoms with Crippen molar-refractivity contribution >= 4 is 11.8 Å². The summed E-state index contributed by atoms with van der Waals surface area (Å²) in [5, 5.41) is 3.84. The van der Waals surface area contributed by atoms with Crippen LogP contribution in [-0.4, -0.2) is 24.9 Å². The maximum Gasteiger partial charge on any atom is 0.305 e. The molecule has 144 valence electrons. The first-order chi connectivity index (χ1) is 12.1. The molecular formula is C19H35N3O3. The summed E-state index contributed by atoms with van der Waals surface area (Å²) in [7, 11) is 1.41. The highest BCUT2D eigenvalue weighted by molar-refractivity contribution is 5.78. The van der Waals surface area contributed by atoms with Gasteiger partial charge in [-0.25, -0.2) is 0 Å². The number of hydrogen-bond acceptors (Lipinski definition) is 4. The van der Waals surface area contributed by atoms with Crippen LogP contribution in [0.1, 0.15) is 96.8 Å². The molecule has 0 aliphatic heterocycles. The Balaban J connectivity index is 3.75. The van der Waals surface area contributed by atoms with Crippen LogP contribution in [0.5, 0.6) is 0 Å². The molecule has 6 nitrogen and oxygen atoms in total. The molecule has 0 aliphatic carbocycles. The molecule has 0 rings (SSSR count). The Morgan fingerprint density at radius 3 is 2.24 bits per heavy atom. The molecule has 0 amide bonds. The lowest BCUT2D eigenvalue weighted by Crippen LogP contribution is -2.08. The zero-order valence-corrected chi connectivity index (χ0v) is 16.0. The van der Waals surface area contributed by atoms with E-state index in [1.807, 2.05) is 0 Å². The fraction of sp³-hybridized carbons (Fsp3) is 0.895. The summed E-state index contributed by atoms with van der Waals surface area (Å²) < 4.78 is 4.61. The molecule has 0 aromatic carbocycles. The molecule has 0 radical (unpaired) electrons. The summed E-state index contributed by atoms with van der Waals surface area (Å²) >= 11 is 0. The Morgan fingerprint density at radius 2 is 1.56 bits per heavy atom. The summed E-state index contributed by atoms with van der Waals surface area (Å²) in [6.45, 7) is 2.16. The van der Waals surface area contributed by atoms with Crippen molar-refractivity contribution in [3.63, 3.8) is 0 Å². The molecule has 1 atom stereocenters. The third kappa shape index (κ3) is 15.7. The quantitative estimate of drug-likeness (QED) is 0.107. The van der Waals surface area contributed by atoms with Crippen LogP contribution in [0, 0.1) is 0 Å². The average Bonchev–Trinajstić information content (AvgIpc) is 2.62. The highest BCUT2D eigenvalue weighted by Crippen LogP contribution is 2.16. The maximum absolute atomic E-state index is 11.9. The minimum Gasteiger partial charge on any atom is -0.469 e. The molecule has 6 heteroatoms. The van der Waals surface area contributed by atoms with Gasteiger partial charge in [0.1, 0.15) is 5.78 Å². The molecule has 0 bridgehead atoms. The molecule has 0 aromatic heterocycles. The van der Waals surface area contributed by atoms with Crippen LogP contribution >= 0.6 is 0 Å².